The number of thioether (sulfide) groups is 1. The van der Waals surface area contributed by atoms with Gasteiger partial charge in [-0.3, -0.25) is 0 Å². The van der Waals surface area contributed by atoms with Crippen LogP contribution in [0.15, 0.2) is 29.4 Å². The summed E-state index contributed by atoms with van der Waals surface area (Å²) >= 11 is 1.78. The first kappa shape index (κ1) is 19.0. The summed E-state index contributed by atoms with van der Waals surface area (Å²) in [5.41, 5.74) is 1.05. The largest absolute Gasteiger partial charge is 0.356 e. The first-order valence-corrected chi connectivity index (χ1v) is 11.8. The second-order valence-electron chi connectivity index (χ2n) is 8.14. The molecule has 0 N–H and O–H groups in total. The molecule has 4 rings (SSSR count). The molecule has 4 nitrogen and oxygen atoms in total. The Bertz CT molecular complexity index is 753. The highest BCUT2D eigenvalue weighted by Gasteiger charge is 2.25. The van der Waals surface area contributed by atoms with Crippen LogP contribution < -0.4 is 4.90 Å². The molecular weight excluding hydrogens is 352 g/mol. The van der Waals surface area contributed by atoms with Gasteiger partial charge in [-0.25, -0.2) is 9.97 Å². The molecule has 1 aromatic heterocycles. The number of anilines is 1. The van der Waals surface area contributed by atoms with E-state index < -0.39 is 0 Å². The molecule has 2 heterocycles. The Balaban J connectivity index is 1.35. The third-order valence-electron chi connectivity index (χ3n) is 6.25. The molecule has 0 unspecified atom stereocenters. The van der Waals surface area contributed by atoms with Crippen LogP contribution in [-0.2, 0) is 0 Å². The minimum Gasteiger partial charge on any atom is -0.356 e. The van der Waals surface area contributed by atoms with Crippen LogP contribution in [0.3, 0.4) is 0 Å². The number of hydrogen-bond acceptors (Lipinski definition) is 5. The fraction of sp³-hybridized carbons (Fsp3) is 0.636. The SMILES string of the molecule is CCN(CCC1CCN(c2ncnc3ccc(SC)cc23)CC1)CC1CC1. The zero-order valence-electron chi connectivity index (χ0n) is 16.7. The van der Waals surface area contributed by atoms with Crippen molar-refractivity contribution < 1.29 is 0 Å². The van der Waals surface area contributed by atoms with Gasteiger partial charge in [-0.15, -0.1) is 11.8 Å². The predicted octanol–water partition coefficient (Wildman–Crippen LogP) is 4.69. The molecule has 1 saturated carbocycles. The maximum Gasteiger partial charge on any atom is 0.139 e. The first-order valence-electron chi connectivity index (χ1n) is 10.5. The minimum atomic E-state index is 0.865. The van der Waals surface area contributed by atoms with Crippen LogP contribution in [0.25, 0.3) is 10.9 Å². The van der Waals surface area contributed by atoms with Crippen LogP contribution in [0.4, 0.5) is 5.82 Å². The average molecular weight is 385 g/mol. The standard InChI is InChI=1S/C22H32N4S/c1-3-25(15-18-4-5-18)11-8-17-9-12-26(13-10-17)22-20-14-19(27-2)6-7-21(20)23-16-24-22/h6-7,14,16-18H,3-5,8-13,15H2,1-2H3. The Morgan fingerprint density at radius 3 is 2.63 bits per heavy atom. The van der Waals surface area contributed by atoms with E-state index in [1.54, 1.807) is 18.1 Å². The highest BCUT2D eigenvalue weighted by Crippen LogP contribution is 2.32. The van der Waals surface area contributed by atoms with Crippen molar-refractivity contribution in [3.05, 3.63) is 24.5 Å². The van der Waals surface area contributed by atoms with E-state index in [1.165, 1.54) is 62.0 Å². The van der Waals surface area contributed by atoms with E-state index in [2.05, 4.69) is 51.1 Å². The second kappa shape index (κ2) is 8.78. The van der Waals surface area contributed by atoms with E-state index >= 15 is 0 Å². The summed E-state index contributed by atoms with van der Waals surface area (Å²) in [5, 5.41) is 1.20. The Labute approximate surface area is 167 Å². The van der Waals surface area contributed by atoms with Gasteiger partial charge in [-0.05, 0) is 81.5 Å². The number of aromatic nitrogens is 2. The van der Waals surface area contributed by atoms with E-state index in [1.807, 2.05) is 0 Å². The van der Waals surface area contributed by atoms with Crippen molar-refractivity contribution in [1.29, 1.82) is 0 Å². The number of nitrogens with zero attached hydrogens (tertiary/aromatic N) is 4. The van der Waals surface area contributed by atoms with Gasteiger partial charge in [0, 0.05) is 29.9 Å². The summed E-state index contributed by atoms with van der Waals surface area (Å²) in [4.78, 5) is 15.5. The van der Waals surface area contributed by atoms with Crippen molar-refractivity contribution in [3.8, 4) is 0 Å². The molecule has 0 radical (unpaired) electrons. The number of hydrogen-bond donors (Lipinski definition) is 0. The Kier molecular flexibility index (Phi) is 6.18. The van der Waals surface area contributed by atoms with Crippen molar-refractivity contribution in [1.82, 2.24) is 14.9 Å². The number of fused-ring (bicyclic) bond motifs is 1. The fourth-order valence-corrected chi connectivity index (χ4v) is 4.68. The van der Waals surface area contributed by atoms with Gasteiger partial charge in [0.25, 0.3) is 0 Å². The number of piperidine rings is 1. The predicted molar refractivity (Wildman–Crippen MR) is 116 cm³/mol. The molecule has 146 valence electrons. The van der Waals surface area contributed by atoms with Crippen LogP contribution in [0.1, 0.15) is 39.0 Å². The van der Waals surface area contributed by atoms with Crippen LogP contribution >= 0.6 is 11.8 Å². The van der Waals surface area contributed by atoms with Gasteiger partial charge in [0.15, 0.2) is 0 Å². The molecule has 1 aliphatic heterocycles. The van der Waals surface area contributed by atoms with Crippen LogP contribution in [-0.4, -0.2) is 53.8 Å². The topological polar surface area (TPSA) is 32.3 Å². The van der Waals surface area contributed by atoms with E-state index in [0.29, 0.717) is 0 Å². The van der Waals surface area contributed by atoms with Gasteiger partial charge in [-0.1, -0.05) is 6.92 Å². The molecule has 27 heavy (non-hydrogen) atoms. The van der Waals surface area contributed by atoms with E-state index in [-0.39, 0.29) is 0 Å². The van der Waals surface area contributed by atoms with Gasteiger partial charge < -0.3 is 9.80 Å². The summed E-state index contributed by atoms with van der Waals surface area (Å²) < 4.78 is 0. The van der Waals surface area contributed by atoms with Crippen LogP contribution in [0.5, 0.6) is 0 Å². The zero-order chi connectivity index (χ0) is 18.6. The summed E-state index contributed by atoms with van der Waals surface area (Å²) in [5.74, 6) is 2.99. The minimum absolute atomic E-state index is 0.865. The normalized spacial score (nSPS) is 18.6. The van der Waals surface area contributed by atoms with Crippen molar-refractivity contribution >= 4 is 28.5 Å². The average Bonchev–Trinajstić information content (AvgIpc) is 3.54. The Hall–Kier alpha value is -1.33. The molecule has 1 aromatic carbocycles. The van der Waals surface area contributed by atoms with Gasteiger partial charge in [-0.2, -0.15) is 0 Å². The van der Waals surface area contributed by atoms with Crippen LogP contribution in [0.2, 0.25) is 0 Å². The van der Waals surface area contributed by atoms with E-state index in [9.17, 15) is 0 Å². The molecule has 5 heteroatoms. The monoisotopic (exact) mass is 384 g/mol. The van der Waals surface area contributed by atoms with Crippen molar-refractivity contribution in [2.75, 3.05) is 43.9 Å². The van der Waals surface area contributed by atoms with Gasteiger partial charge in [0.2, 0.25) is 0 Å². The molecule has 2 aliphatic rings. The molecule has 2 fully saturated rings. The molecule has 2 aromatic rings. The van der Waals surface area contributed by atoms with Gasteiger partial charge in [0.05, 0.1) is 5.52 Å². The number of benzene rings is 1. The van der Waals surface area contributed by atoms with Crippen molar-refractivity contribution in [2.24, 2.45) is 11.8 Å². The summed E-state index contributed by atoms with van der Waals surface area (Å²) in [7, 11) is 0. The summed E-state index contributed by atoms with van der Waals surface area (Å²) in [6.45, 7) is 8.38. The summed E-state index contributed by atoms with van der Waals surface area (Å²) in [6, 6.07) is 6.52. The maximum absolute atomic E-state index is 4.66. The van der Waals surface area contributed by atoms with E-state index in [0.717, 1.165) is 36.3 Å². The van der Waals surface area contributed by atoms with E-state index in [4.69, 9.17) is 0 Å². The summed E-state index contributed by atoms with van der Waals surface area (Å²) in [6.07, 6.45) is 10.7. The maximum atomic E-state index is 4.66. The lowest BCUT2D eigenvalue weighted by molar-refractivity contribution is 0.241. The van der Waals surface area contributed by atoms with Crippen molar-refractivity contribution in [3.63, 3.8) is 0 Å². The number of rotatable bonds is 8. The molecule has 0 amide bonds. The lowest BCUT2D eigenvalue weighted by Gasteiger charge is -2.34. The van der Waals surface area contributed by atoms with Crippen molar-refractivity contribution in [2.45, 2.75) is 43.9 Å². The highest BCUT2D eigenvalue weighted by molar-refractivity contribution is 7.98. The second-order valence-corrected chi connectivity index (χ2v) is 9.02. The van der Waals surface area contributed by atoms with Crippen LogP contribution in [0, 0.1) is 11.8 Å². The quantitative estimate of drug-likeness (QED) is 0.617. The van der Waals surface area contributed by atoms with Gasteiger partial charge >= 0.3 is 0 Å². The smallest absolute Gasteiger partial charge is 0.139 e. The highest BCUT2D eigenvalue weighted by atomic mass is 32.2. The molecule has 0 atom stereocenters. The molecular formula is C22H32N4S. The molecule has 0 bridgehead atoms. The third-order valence-corrected chi connectivity index (χ3v) is 6.97. The molecule has 0 spiro atoms. The molecule has 1 saturated heterocycles. The Morgan fingerprint density at radius 2 is 1.93 bits per heavy atom. The first-order chi connectivity index (χ1) is 13.3. The third kappa shape index (κ3) is 4.75. The zero-order valence-corrected chi connectivity index (χ0v) is 17.5. The fourth-order valence-electron chi connectivity index (χ4n) is 4.24. The lowest BCUT2D eigenvalue weighted by atomic mass is 9.93. The molecule has 1 aliphatic carbocycles. The lowest BCUT2D eigenvalue weighted by Crippen LogP contribution is -2.36. The Morgan fingerprint density at radius 1 is 1.11 bits per heavy atom. The van der Waals surface area contributed by atoms with Gasteiger partial charge in [0.1, 0.15) is 12.1 Å².